The summed E-state index contributed by atoms with van der Waals surface area (Å²) in [6, 6.07) is 0. The molecule has 0 radical (unpaired) electrons. The van der Waals surface area contributed by atoms with E-state index in [2.05, 4.69) is 0 Å². The summed E-state index contributed by atoms with van der Waals surface area (Å²) in [4.78, 5) is 22.7. The Balaban J connectivity index is 3.71. The molecule has 0 aliphatic carbocycles. The number of carbonyl (C=O) groups excluding carboxylic acids is 2. The maximum Gasteiger partial charge on any atom is 0.508 e. The first-order valence-electron chi connectivity index (χ1n) is 9.16. The molecule has 0 amide bonds. The quantitative estimate of drug-likeness (QED) is 0.425. The number of rotatable bonds is 14. The molecule has 0 fully saturated rings. The summed E-state index contributed by atoms with van der Waals surface area (Å²) >= 11 is 0. The minimum absolute atomic E-state index is 0.0223. The Morgan fingerprint density at radius 3 is 1.19 bits per heavy atom. The van der Waals surface area contributed by atoms with E-state index < -0.39 is 12.3 Å². The maximum absolute atomic E-state index is 11.4. The first kappa shape index (κ1) is 25.4. The van der Waals surface area contributed by atoms with Crippen LogP contribution in [0, 0.1) is 23.7 Å². The van der Waals surface area contributed by atoms with E-state index in [4.69, 9.17) is 33.9 Å². The van der Waals surface area contributed by atoms with Crippen molar-refractivity contribution in [2.45, 2.75) is 27.7 Å². The van der Waals surface area contributed by atoms with Crippen molar-refractivity contribution in [2.75, 3.05) is 52.9 Å². The molecule has 2 N–H and O–H groups in total. The van der Waals surface area contributed by atoms with Crippen LogP contribution < -0.4 is 0 Å². The Kier molecular flexibility index (Phi) is 14.6. The van der Waals surface area contributed by atoms with Gasteiger partial charge in [-0.05, 0) is 0 Å². The molecule has 0 saturated heterocycles. The second-order valence-electron chi connectivity index (χ2n) is 7.07. The fourth-order valence-electron chi connectivity index (χ4n) is 1.60. The summed E-state index contributed by atoms with van der Waals surface area (Å²) in [5.74, 6) is -0.300. The van der Waals surface area contributed by atoms with Gasteiger partial charge in [0.1, 0.15) is 0 Å². The Morgan fingerprint density at radius 2 is 0.889 bits per heavy atom. The highest BCUT2D eigenvalue weighted by Crippen LogP contribution is 2.04. The standard InChI is InChI=1S/C18H34O9/c1-13(5-19)9-24-17(21)26-11-15(3)7-23-8-16(4)12-27-18(22)25-10-14(2)6-20/h13-16,19-20H,5-12H2,1-4H3. The van der Waals surface area contributed by atoms with Crippen LogP contribution >= 0.6 is 0 Å². The summed E-state index contributed by atoms with van der Waals surface area (Å²) in [6.07, 6.45) is -1.53. The van der Waals surface area contributed by atoms with Crippen molar-refractivity contribution in [2.24, 2.45) is 23.7 Å². The van der Waals surface area contributed by atoms with Gasteiger partial charge >= 0.3 is 12.3 Å². The zero-order valence-corrected chi connectivity index (χ0v) is 16.7. The first-order chi connectivity index (χ1) is 12.8. The van der Waals surface area contributed by atoms with E-state index >= 15 is 0 Å². The van der Waals surface area contributed by atoms with Crippen molar-refractivity contribution >= 4 is 12.3 Å². The number of hydrogen-bond acceptors (Lipinski definition) is 9. The minimum atomic E-state index is -0.766. The molecular formula is C18H34O9. The van der Waals surface area contributed by atoms with Gasteiger partial charge in [0.05, 0.1) is 39.6 Å². The van der Waals surface area contributed by atoms with Gasteiger partial charge in [0.2, 0.25) is 0 Å². The molecule has 4 unspecified atom stereocenters. The average molecular weight is 394 g/mol. The lowest BCUT2D eigenvalue weighted by atomic mass is 10.2. The molecule has 0 aromatic carbocycles. The normalized spacial score (nSPS) is 15.3. The molecule has 0 aromatic heterocycles. The molecule has 0 heterocycles. The molecule has 9 nitrogen and oxygen atoms in total. The molecule has 0 bridgehead atoms. The van der Waals surface area contributed by atoms with E-state index in [0.717, 1.165) is 0 Å². The largest absolute Gasteiger partial charge is 0.508 e. The number of ether oxygens (including phenoxy) is 5. The van der Waals surface area contributed by atoms with Crippen molar-refractivity contribution in [1.82, 2.24) is 0 Å². The summed E-state index contributed by atoms with van der Waals surface area (Å²) in [6.45, 7) is 8.42. The molecule has 9 heteroatoms. The number of hydrogen-bond donors (Lipinski definition) is 2. The van der Waals surface area contributed by atoms with Crippen LogP contribution in [0.15, 0.2) is 0 Å². The van der Waals surface area contributed by atoms with Crippen LogP contribution in [0.3, 0.4) is 0 Å². The van der Waals surface area contributed by atoms with Gasteiger partial charge in [-0.1, -0.05) is 27.7 Å². The SMILES string of the molecule is CC(CO)COC(=O)OCC(C)COCC(C)COC(=O)OCC(C)CO. The Hall–Kier alpha value is -1.58. The molecular weight excluding hydrogens is 360 g/mol. The third-order valence-corrected chi connectivity index (χ3v) is 3.37. The zero-order chi connectivity index (χ0) is 20.7. The molecule has 0 spiro atoms. The summed E-state index contributed by atoms with van der Waals surface area (Å²) in [5.41, 5.74) is 0. The van der Waals surface area contributed by atoms with E-state index in [1.807, 2.05) is 13.8 Å². The second kappa shape index (κ2) is 15.5. The van der Waals surface area contributed by atoms with Crippen molar-refractivity contribution in [3.8, 4) is 0 Å². The Morgan fingerprint density at radius 1 is 0.593 bits per heavy atom. The van der Waals surface area contributed by atoms with Gasteiger partial charge in [-0.2, -0.15) is 0 Å². The van der Waals surface area contributed by atoms with Crippen molar-refractivity contribution in [1.29, 1.82) is 0 Å². The van der Waals surface area contributed by atoms with Crippen LogP contribution in [0.4, 0.5) is 9.59 Å². The molecule has 0 aliphatic heterocycles. The lowest BCUT2D eigenvalue weighted by Gasteiger charge is -2.16. The van der Waals surface area contributed by atoms with Crippen LogP contribution in [0.2, 0.25) is 0 Å². The van der Waals surface area contributed by atoms with Crippen molar-refractivity contribution in [3.63, 3.8) is 0 Å². The Bertz CT molecular complexity index is 366. The number of aliphatic hydroxyl groups excluding tert-OH is 2. The van der Waals surface area contributed by atoms with Crippen LogP contribution in [0.5, 0.6) is 0 Å². The zero-order valence-electron chi connectivity index (χ0n) is 16.7. The van der Waals surface area contributed by atoms with Crippen molar-refractivity contribution < 1.29 is 43.5 Å². The van der Waals surface area contributed by atoms with Gasteiger partial charge in [-0.3, -0.25) is 0 Å². The second-order valence-corrected chi connectivity index (χ2v) is 7.07. The van der Waals surface area contributed by atoms with Gasteiger partial charge in [0.15, 0.2) is 0 Å². The highest BCUT2D eigenvalue weighted by atomic mass is 16.7. The third kappa shape index (κ3) is 15.2. The van der Waals surface area contributed by atoms with Gasteiger partial charge in [-0.25, -0.2) is 9.59 Å². The predicted molar refractivity (Wildman–Crippen MR) is 96.2 cm³/mol. The molecule has 0 aliphatic rings. The van der Waals surface area contributed by atoms with Gasteiger partial charge in [0, 0.05) is 36.9 Å². The molecule has 4 atom stereocenters. The predicted octanol–water partition coefficient (Wildman–Crippen LogP) is 1.84. The molecule has 0 aromatic rings. The summed E-state index contributed by atoms with van der Waals surface area (Å²) < 4.78 is 25.1. The fourth-order valence-corrected chi connectivity index (χ4v) is 1.60. The molecule has 0 saturated carbocycles. The van der Waals surface area contributed by atoms with Crippen LogP contribution in [-0.2, 0) is 23.7 Å². The lowest BCUT2D eigenvalue weighted by molar-refractivity contribution is 0.00169. The highest BCUT2D eigenvalue weighted by Gasteiger charge is 2.13. The third-order valence-electron chi connectivity index (χ3n) is 3.37. The summed E-state index contributed by atoms with van der Waals surface area (Å²) in [7, 11) is 0. The monoisotopic (exact) mass is 394 g/mol. The van der Waals surface area contributed by atoms with Gasteiger partial charge < -0.3 is 33.9 Å². The molecule has 160 valence electrons. The minimum Gasteiger partial charge on any atom is -0.434 e. The number of carbonyl (C=O) groups is 2. The lowest BCUT2D eigenvalue weighted by Crippen LogP contribution is -2.22. The smallest absolute Gasteiger partial charge is 0.434 e. The van der Waals surface area contributed by atoms with E-state index in [1.54, 1.807) is 13.8 Å². The van der Waals surface area contributed by atoms with E-state index in [-0.39, 0.29) is 63.3 Å². The van der Waals surface area contributed by atoms with E-state index in [0.29, 0.717) is 13.2 Å². The van der Waals surface area contributed by atoms with Gasteiger partial charge in [0.25, 0.3) is 0 Å². The van der Waals surface area contributed by atoms with Crippen LogP contribution in [0.1, 0.15) is 27.7 Å². The molecule has 27 heavy (non-hydrogen) atoms. The van der Waals surface area contributed by atoms with E-state index in [1.165, 1.54) is 0 Å². The average Bonchev–Trinajstić information content (AvgIpc) is 2.66. The highest BCUT2D eigenvalue weighted by molar-refractivity contribution is 5.60. The summed E-state index contributed by atoms with van der Waals surface area (Å²) in [5, 5.41) is 17.7. The maximum atomic E-state index is 11.4. The number of aliphatic hydroxyl groups is 2. The topological polar surface area (TPSA) is 121 Å². The Labute approximate surface area is 160 Å². The van der Waals surface area contributed by atoms with Crippen LogP contribution in [0.25, 0.3) is 0 Å². The van der Waals surface area contributed by atoms with Crippen molar-refractivity contribution in [3.05, 3.63) is 0 Å². The van der Waals surface area contributed by atoms with E-state index in [9.17, 15) is 9.59 Å². The van der Waals surface area contributed by atoms with Gasteiger partial charge in [-0.15, -0.1) is 0 Å². The molecule has 0 rings (SSSR count). The fraction of sp³-hybridized carbons (Fsp3) is 0.889. The van der Waals surface area contributed by atoms with Crippen LogP contribution in [-0.4, -0.2) is 75.4 Å². The first-order valence-corrected chi connectivity index (χ1v) is 9.16.